The van der Waals surface area contributed by atoms with Crippen molar-refractivity contribution in [3.05, 3.63) is 64.9 Å². The van der Waals surface area contributed by atoms with Crippen LogP contribution >= 0.6 is 15.9 Å². The molecule has 0 amide bonds. The van der Waals surface area contributed by atoms with E-state index in [-0.39, 0.29) is 6.04 Å². The smallest absolute Gasteiger partial charge is 0.119 e. The first-order chi connectivity index (χ1) is 10.7. The van der Waals surface area contributed by atoms with Gasteiger partial charge < -0.3 is 10.1 Å². The average Bonchev–Trinajstić information content (AvgIpc) is 2.55. The van der Waals surface area contributed by atoms with Gasteiger partial charge in [0.2, 0.25) is 0 Å². The molecule has 0 radical (unpaired) electrons. The molecule has 0 fully saturated rings. The Balaban J connectivity index is 2.18. The maximum atomic E-state index is 5.20. The number of halogens is 1. The molecule has 1 aromatic heterocycles. The van der Waals surface area contributed by atoms with Crippen LogP contribution in [0.4, 0.5) is 5.69 Å². The number of rotatable bonds is 7. The Morgan fingerprint density at radius 1 is 1.27 bits per heavy atom. The Bertz CT molecular complexity index is 611. The van der Waals surface area contributed by atoms with E-state index in [0.29, 0.717) is 0 Å². The number of nitrogens with one attached hydrogen (secondary N) is 1. The lowest BCUT2D eigenvalue weighted by atomic mass is 10.0. The molecule has 116 valence electrons. The van der Waals surface area contributed by atoms with Crippen LogP contribution in [-0.2, 0) is 0 Å². The van der Waals surface area contributed by atoms with Gasteiger partial charge in [-0.15, -0.1) is 0 Å². The van der Waals surface area contributed by atoms with E-state index >= 15 is 0 Å². The second-order valence-corrected chi connectivity index (χ2v) is 5.82. The summed E-state index contributed by atoms with van der Waals surface area (Å²) in [5, 5.41) is 3.60. The van der Waals surface area contributed by atoms with Crippen LogP contribution in [0.25, 0.3) is 0 Å². The molecule has 0 unspecified atom stereocenters. The number of methoxy groups -OCH3 is 1. The Hall–Kier alpha value is -1.81. The topological polar surface area (TPSA) is 34.1 Å². The fourth-order valence-corrected chi connectivity index (χ4v) is 2.82. The van der Waals surface area contributed by atoms with Crippen molar-refractivity contribution in [2.24, 2.45) is 0 Å². The molecule has 1 atom stereocenters. The molecule has 1 aromatic carbocycles. The molecule has 3 nitrogen and oxygen atoms in total. The van der Waals surface area contributed by atoms with Crippen molar-refractivity contribution in [1.29, 1.82) is 0 Å². The molecule has 22 heavy (non-hydrogen) atoms. The fraction of sp³-hybridized carbons (Fsp3) is 0.278. The van der Waals surface area contributed by atoms with Crippen LogP contribution in [0, 0.1) is 0 Å². The number of aromatic nitrogens is 1. The van der Waals surface area contributed by atoms with Crippen molar-refractivity contribution in [1.82, 2.24) is 4.98 Å². The second-order valence-electron chi connectivity index (χ2n) is 4.97. The molecule has 1 heterocycles. The molecular formula is C18H21BrN2O. The zero-order chi connectivity index (χ0) is 15.8. The Labute approximate surface area is 140 Å². The number of benzene rings is 1. The van der Waals surface area contributed by atoms with E-state index in [2.05, 4.69) is 44.4 Å². The molecule has 0 spiro atoms. The van der Waals surface area contributed by atoms with Gasteiger partial charge in [0.15, 0.2) is 0 Å². The lowest BCUT2D eigenvalue weighted by molar-refractivity contribution is 0.415. The normalized spacial score (nSPS) is 12.3. The van der Waals surface area contributed by atoms with Gasteiger partial charge in [0.25, 0.3) is 0 Å². The molecule has 1 N–H and O–H groups in total. The van der Waals surface area contributed by atoms with Gasteiger partial charge >= 0.3 is 0 Å². The Morgan fingerprint density at radius 3 is 2.68 bits per heavy atom. The van der Waals surface area contributed by atoms with E-state index in [9.17, 15) is 0 Å². The SMILES string of the molecule is C/C=C\CC[C@@H](Nc1ccc(OC)cc1)c1ccncc1Br. The zero-order valence-electron chi connectivity index (χ0n) is 12.9. The maximum Gasteiger partial charge on any atom is 0.119 e. The highest BCUT2D eigenvalue weighted by atomic mass is 79.9. The predicted molar refractivity (Wildman–Crippen MR) is 95.3 cm³/mol. The minimum absolute atomic E-state index is 0.224. The summed E-state index contributed by atoms with van der Waals surface area (Å²) in [4.78, 5) is 4.15. The first-order valence-corrected chi connectivity index (χ1v) is 8.15. The van der Waals surface area contributed by atoms with Gasteiger partial charge in [0, 0.05) is 22.6 Å². The van der Waals surface area contributed by atoms with Crippen molar-refractivity contribution < 1.29 is 4.74 Å². The van der Waals surface area contributed by atoms with Gasteiger partial charge in [0.1, 0.15) is 5.75 Å². The number of allylic oxidation sites excluding steroid dienone is 2. The summed E-state index contributed by atoms with van der Waals surface area (Å²) in [5.74, 6) is 0.862. The monoisotopic (exact) mass is 360 g/mol. The van der Waals surface area contributed by atoms with Crippen molar-refractivity contribution in [2.75, 3.05) is 12.4 Å². The third-order valence-electron chi connectivity index (χ3n) is 3.47. The van der Waals surface area contributed by atoms with Crippen molar-refractivity contribution in [2.45, 2.75) is 25.8 Å². The van der Waals surface area contributed by atoms with Crippen LogP contribution < -0.4 is 10.1 Å². The molecule has 4 heteroatoms. The zero-order valence-corrected chi connectivity index (χ0v) is 14.5. The Kier molecular flexibility index (Phi) is 6.46. The van der Waals surface area contributed by atoms with Crippen LogP contribution in [-0.4, -0.2) is 12.1 Å². The standard InChI is InChI=1S/C18H21BrN2O/c1-3-4-5-6-18(16-11-12-20-13-17(16)19)21-14-7-9-15(22-2)10-8-14/h3-4,7-13,18,21H,5-6H2,1-2H3/b4-3-/t18-/m1/s1. The first kappa shape index (κ1) is 16.6. The number of hydrogen-bond acceptors (Lipinski definition) is 3. The molecular weight excluding hydrogens is 340 g/mol. The maximum absolute atomic E-state index is 5.20. The lowest BCUT2D eigenvalue weighted by Crippen LogP contribution is -2.11. The van der Waals surface area contributed by atoms with Gasteiger partial charge in [-0.1, -0.05) is 12.2 Å². The predicted octanol–water partition coefficient (Wildman–Crippen LogP) is 5.36. The van der Waals surface area contributed by atoms with Gasteiger partial charge in [-0.05, 0) is 71.6 Å². The van der Waals surface area contributed by atoms with Crippen LogP contribution in [0.15, 0.2) is 59.4 Å². The summed E-state index contributed by atoms with van der Waals surface area (Å²) in [6.45, 7) is 2.05. The minimum Gasteiger partial charge on any atom is -0.497 e. The number of nitrogens with zero attached hydrogens (tertiary/aromatic N) is 1. The van der Waals surface area contributed by atoms with E-state index in [1.807, 2.05) is 43.6 Å². The fourth-order valence-electron chi connectivity index (χ4n) is 2.29. The second kappa shape index (κ2) is 8.59. The quantitative estimate of drug-likeness (QED) is 0.674. The molecule has 0 saturated heterocycles. The molecule has 0 bridgehead atoms. The van der Waals surface area contributed by atoms with Crippen LogP contribution in [0.3, 0.4) is 0 Å². The van der Waals surface area contributed by atoms with Crippen LogP contribution in [0.5, 0.6) is 5.75 Å². The van der Waals surface area contributed by atoms with Gasteiger partial charge in [0.05, 0.1) is 13.2 Å². The van der Waals surface area contributed by atoms with Gasteiger partial charge in [-0.3, -0.25) is 4.98 Å². The molecule has 0 aliphatic rings. The third kappa shape index (κ3) is 4.60. The van der Waals surface area contributed by atoms with Crippen LogP contribution in [0.2, 0.25) is 0 Å². The Morgan fingerprint density at radius 2 is 2.05 bits per heavy atom. The van der Waals surface area contributed by atoms with Gasteiger partial charge in [-0.25, -0.2) is 0 Å². The van der Waals surface area contributed by atoms with Gasteiger partial charge in [-0.2, -0.15) is 0 Å². The number of pyridine rings is 1. The van der Waals surface area contributed by atoms with E-state index in [4.69, 9.17) is 4.74 Å². The molecule has 0 saturated carbocycles. The van der Waals surface area contributed by atoms with E-state index in [1.54, 1.807) is 7.11 Å². The summed E-state index contributed by atoms with van der Waals surface area (Å²) in [6, 6.07) is 10.3. The molecule has 2 aromatic rings. The van der Waals surface area contributed by atoms with Crippen molar-refractivity contribution >= 4 is 21.6 Å². The lowest BCUT2D eigenvalue weighted by Gasteiger charge is -2.21. The van der Waals surface area contributed by atoms with Crippen LogP contribution in [0.1, 0.15) is 31.4 Å². The summed E-state index contributed by atoms with van der Waals surface area (Å²) in [6.07, 6.45) is 9.99. The summed E-state index contributed by atoms with van der Waals surface area (Å²) < 4.78 is 6.23. The van der Waals surface area contributed by atoms with E-state index < -0.39 is 0 Å². The summed E-state index contributed by atoms with van der Waals surface area (Å²) >= 11 is 3.60. The third-order valence-corrected chi connectivity index (χ3v) is 4.13. The molecule has 2 rings (SSSR count). The van der Waals surface area contributed by atoms with Crippen molar-refractivity contribution in [3.63, 3.8) is 0 Å². The van der Waals surface area contributed by atoms with E-state index in [0.717, 1.165) is 28.8 Å². The summed E-state index contributed by atoms with van der Waals surface area (Å²) in [7, 11) is 1.68. The summed E-state index contributed by atoms with van der Waals surface area (Å²) in [5.41, 5.74) is 2.30. The highest BCUT2D eigenvalue weighted by molar-refractivity contribution is 9.10. The highest BCUT2D eigenvalue weighted by Gasteiger charge is 2.14. The highest BCUT2D eigenvalue weighted by Crippen LogP contribution is 2.29. The minimum atomic E-state index is 0.224. The van der Waals surface area contributed by atoms with E-state index in [1.165, 1.54) is 5.56 Å². The van der Waals surface area contributed by atoms with Crippen molar-refractivity contribution in [3.8, 4) is 5.75 Å². The molecule has 0 aliphatic carbocycles. The molecule has 0 aliphatic heterocycles. The first-order valence-electron chi connectivity index (χ1n) is 7.35. The number of anilines is 1. The number of ether oxygens (including phenoxy) is 1. The average molecular weight is 361 g/mol. The largest absolute Gasteiger partial charge is 0.497 e. The number of hydrogen-bond donors (Lipinski definition) is 1.